The Kier molecular flexibility index (Phi) is 18.1. The lowest BCUT2D eigenvalue weighted by Gasteiger charge is -2.43. The van der Waals surface area contributed by atoms with E-state index in [0.717, 1.165) is 18.5 Å². The van der Waals surface area contributed by atoms with Crippen molar-refractivity contribution in [1.82, 2.24) is 57.9 Å². The summed E-state index contributed by atoms with van der Waals surface area (Å²) in [5, 5.41) is 27.4. The van der Waals surface area contributed by atoms with Gasteiger partial charge in [0, 0.05) is 72.1 Å². The molecule has 2 aliphatic heterocycles. The van der Waals surface area contributed by atoms with Crippen molar-refractivity contribution in [2.24, 2.45) is 14.1 Å². The predicted molar refractivity (Wildman–Crippen MR) is 279 cm³/mol. The van der Waals surface area contributed by atoms with Crippen molar-refractivity contribution >= 4 is 42.1 Å². The number of nitrogens with one attached hydrogen (secondary N) is 2. The molecule has 408 valence electrons. The van der Waals surface area contributed by atoms with Crippen molar-refractivity contribution in [2.45, 2.75) is 88.1 Å². The standard InChI is InChI=1S/C24H33N7O7S.C24H34N6O5S/c1-5-8-19-21-22(29(4)27-19)24(32)26-23(25-21)18-13-17(9-10-20(18)37-6-2)39(35,36)30-14-16(15-30)28(3)11-7-12-38-31(33)34;1-5-8-19-21-22(29(4)27-19)24(32)26-23(25-21)18-13-17(9-10-20(18)35-6-2)36(33,34)30-14-16(15-30)28(3)11-7-12-31/h9-10,13,16H,5-8,11-12,14-15H2,1-4H3,(H,25,26,32);9-10,13,16,31H,5-8,11-12,14-15H2,1-4H3,(H,25,26,32). The molecule has 0 radical (unpaired) electrons. The van der Waals surface area contributed by atoms with Crippen molar-refractivity contribution in [3.05, 3.63) is 78.6 Å². The number of hydrogen-bond donors (Lipinski definition) is 3. The highest BCUT2D eigenvalue weighted by molar-refractivity contribution is 7.89. The molecule has 0 bridgehead atoms. The van der Waals surface area contributed by atoms with E-state index in [1.165, 1.54) is 42.2 Å². The second-order valence-corrected chi connectivity index (χ2v) is 22.3. The van der Waals surface area contributed by atoms with Gasteiger partial charge < -0.3 is 39.2 Å². The van der Waals surface area contributed by atoms with Gasteiger partial charge in [-0.15, -0.1) is 10.1 Å². The summed E-state index contributed by atoms with van der Waals surface area (Å²) in [7, 11) is -0.407. The minimum atomic E-state index is -3.83. The number of H-pyrrole nitrogens is 2. The van der Waals surface area contributed by atoms with E-state index in [1.54, 1.807) is 26.2 Å². The Bertz CT molecular complexity index is 3350. The van der Waals surface area contributed by atoms with Gasteiger partial charge in [0.1, 0.15) is 34.2 Å². The van der Waals surface area contributed by atoms with Crippen LogP contribution in [-0.2, 0) is 51.8 Å². The Hall–Kier alpha value is -6.36. The summed E-state index contributed by atoms with van der Waals surface area (Å²) in [6, 6.07) is 9.28. The molecular weight excluding hydrogens is 1010 g/mol. The molecule has 2 aliphatic rings. The maximum atomic E-state index is 13.5. The first kappa shape index (κ1) is 56.4. The van der Waals surface area contributed by atoms with Crippen LogP contribution in [0.1, 0.15) is 64.8 Å². The summed E-state index contributed by atoms with van der Waals surface area (Å²) in [5.41, 5.74) is 3.18. The number of rotatable bonds is 24. The van der Waals surface area contributed by atoms with Gasteiger partial charge in [-0.2, -0.15) is 18.8 Å². The number of aromatic amines is 2. The summed E-state index contributed by atoms with van der Waals surface area (Å²) in [4.78, 5) is 59.7. The highest BCUT2D eigenvalue weighted by atomic mass is 32.2. The van der Waals surface area contributed by atoms with Crippen LogP contribution in [0.2, 0.25) is 0 Å². The van der Waals surface area contributed by atoms with Crippen LogP contribution in [0, 0.1) is 10.1 Å². The van der Waals surface area contributed by atoms with Crippen LogP contribution >= 0.6 is 0 Å². The molecule has 0 saturated carbocycles. The van der Waals surface area contributed by atoms with Gasteiger partial charge in [-0.25, -0.2) is 26.8 Å². The molecule has 2 saturated heterocycles. The molecule has 0 atom stereocenters. The lowest BCUT2D eigenvalue weighted by molar-refractivity contribution is -0.757. The van der Waals surface area contributed by atoms with Crippen molar-refractivity contribution in [3.63, 3.8) is 0 Å². The average molecular weight is 1080 g/mol. The van der Waals surface area contributed by atoms with Crippen LogP contribution in [0.15, 0.2) is 55.8 Å². The minimum Gasteiger partial charge on any atom is -0.493 e. The fraction of sp³-hybridized carbons (Fsp3) is 0.542. The van der Waals surface area contributed by atoms with Gasteiger partial charge in [0.15, 0.2) is 11.0 Å². The molecule has 4 aromatic heterocycles. The van der Waals surface area contributed by atoms with Crippen LogP contribution in [-0.4, -0.2) is 177 Å². The van der Waals surface area contributed by atoms with Gasteiger partial charge in [0.2, 0.25) is 20.0 Å². The number of aliphatic hydroxyl groups excluding tert-OH is 1. The maximum absolute atomic E-state index is 13.5. The molecular formula is C48H67N13O12S2. The molecule has 0 aliphatic carbocycles. The van der Waals surface area contributed by atoms with Crippen LogP contribution in [0.5, 0.6) is 11.5 Å². The highest BCUT2D eigenvalue weighted by Gasteiger charge is 2.40. The normalized spacial score (nSPS) is 14.8. The number of benzene rings is 2. The van der Waals surface area contributed by atoms with Gasteiger partial charge in [0.25, 0.3) is 16.2 Å². The molecule has 0 spiro atoms. The number of sulfonamides is 2. The van der Waals surface area contributed by atoms with Crippen molar-refractivity contribution in [1.29, 1.82) is 0 Å². The van der Waals surface area contributed by atoms with E-state index in [4.69, 9.17) is 19.6 Å². The van der Waals surface area contributed by atoms with Crippen molar-refractivity contribution in [3.8, 4) is 34.3 Å². The molecule has 8 rings (SSSR count). The Morgan fingerprint density at radius 3 is 1.49 bits per heavy atom. The number of likely N-dealkylation sites (N-methyl/N-ethyl adjacent to an activating group) is 2. The van der Waals surface area contributed by atoms with Crippen LogP contribution in [0.4, 0.5) is 0 Å². The third-order valence-electron chi connectivity index (χ3n) is 13.2. The quantitative estimate of drug-likeness (QED) is 0.0446. The number of aryl methyl sites for hydroxylation is 4. The summed E-state index contributed by atoms with van der Waals surface area (Å²) in [6.07, 6.45) is 4.09. The second-order valence-electron chi connectivity index (χ2n) is 18.4. The van der Waals surface area contributed by atoms with E-state index in [2.05, 4.69) is 34.9 Å². The van der Waals surface area contributed by atoms with Gasteiger partial charge in [-0.3, -0.25) is 19.0 Å². The van der Waals surface area contributed by atoms with E-state index in [1.807, 2.05) is 46.7 Å². The molecule has 75 heavy (non-hydrogen) atoms. The van der Waals surface area contributed by atoms with Gasteiger partial charge in [0.05, 0.1) is 52.1 Å². The number of hydrogen-bond acceptors (Lipinski definition) is 18. The van der Waals surface area contributed by atoms with E-state index in [-0.39, 0.29) is 70.9 Å². The predicted octanol–water partition coefficient (Wildman–Crippen LogP) is 2.94. The molecule has 2 aromatic carbocycles. The molecule has 0 unspecified atom stereocenters. The minimum absolute atomic E-state index is 0.0120. The average Bonchev–Trinajstić information content (AvgIpc) is 3.83. The van der Waals surface area contributed by atoms with Crippen LogP contribution in [0.25, 0.3) is 44.8 Å². The topological polar surface area (TPSA) is 299 Å². The number of fused-ring (bicyclic) bond motifs is 2. The Labute approximate surface area is 434 Å². The first-order chi connectivity index (χ1) is 35.8. The molecule has 2 fully saturated rings. The Morgan fingerprint density at radius 1 is 0.707 bits per heavy atom. The number of aromatic nitrogens is 8. The van der Waals surface area contributed by atoms with Crippen LogP contribution < -0.4 is 20.6 Å². The fourth-order valence-electron chi connectivity index (χ4n) is 9.05. The largest absolute Gasteiger partial charge is 0.493 e. The Balaban J connectivity index is 0.000000219. The molecule has 25 nitrogen and oxygen atoms in total. The zero-order valence-corrected chi connectivity index (χ0v) is 45.2. The number of ether oxygens (including phenoxy) is 2. The number of aliphatic hydroxyl groups is 1. The van der Waals surface area contributed by atoms with Crippen molar-refractivity contribution < 1.29 is 41.3 Å². The lowest BCUT2D eigenvalue weighted by atomic mass is 10.1. The monoisotopic (exact) mass is 1080 g/mol. The zero-order chi connectivity index (χ0) is 54.4. The summed E-state index contributed by atoms with van der Waals surface area (Å²) < 4.78 is 71.1. The third kappa shape index (κ3) is 12.2. The maximum Gasteiger partial charge on any atom is 0.294 e. The van der Waals surface area contributed by atoms with Crippen LogP contribution in [0.3, 0.4) is 0 Å². The third-order valence-corrected chi connectivity index (χ3v) is 16.9. The first-order valence-electron chi connectivity index (χ1n) is 25.0. The first-order valence-corrected chi connectivity index (χ1v) is 27.9. The fourth-order valence-corrected chi connectivity index (χ4v) is 12.1. The molecule has 6 heterocycles. The van der Waals surface area contributed by atoms with E-state index < -0.39 is 25.1 Å². The summed E-state index contributed by atoms with van der Waals surface area (Å²) >= 11 is 0. The van der Waals surface area contributed by atoms with Gasteiger partial charge in [-0.05, 0) is 90.0 Å². The van der Waals surface area contributed by atoms with E-state index in [0.29, 0.717) is 115 Å². The smallest absolute Gasteiger partial charge is 0.294 e. The summed E-state index contributed by atoms with van der Waals surface area (Å²) in [5.74, 6) is 1.28. The molecule has 27 heteroatoms. The highest BCUT2D eigenvalue weighted by Crippen LogP contribution is 2.35. The molecule has 6 aromatic rings. The number of nitrogens with zero attached hydrogens (tertiary/aromatic N) is 11. The zero-order valence-electron chi connectivity index (χ0n) is 43.6. The lowest BCUT2D eigenvalue weighted by Crippen LogP contribution is -2.60. The van der Waals surface area contributed by atoms with Gasteiger partial charge >= 0.3 is 0 Å². The second kappa shape index (κ2) is 24.1. The SMILES string of the molecule is CCCc1nn(C)c2c(=O)[nH]c(-c3cc(S(=O)(=O)N4CC(N(C)CCCO)C4)ccc3OCC)nc12.CCCc1nn(C)c2c(=O)[nH]c(-c3cc(S(=O)(=O)N4CC(N(C)CCCO[N+](=O)[O-])C4)ccc3OCC)nc12. The van der Waals surface area contributed by atoms with Gasteiger partial charge in [-0.1, -0.05) is 26.7 Å². The van der Waals surface area contributed by atoms with E-state index >= 15 is 0 Å². The Morgan fingerprint density at radius 2 is 1.12 bits per heavy atom. The molecule has 0 amide bonds. The van der Waals surface area contributed by atoms with E-state index in [9.17, 15) is 36.5 Å². The molecule has 3 N–H and O–H groups in total. The summed E-state index contributed by atoms with van der Waals surface area (Å²) in [6.45, 7) is 11.1. The van der Waals surface area contributed by atoms with Crippen molar-refractivity contribution in [2.75, 3.05) is 79.8 Å².